The smallest absolute Gasteiger partial charge is 0.128 e. The lowest BCUT2D eigenvalue weighted by Crippen LogP contribution is -2.01. The third-order valence-corrected chi connectivity index (χ3v) is 3.73. The molecule has 0 saturated carbocycles. The summed E-state index contributed by atoms with van der Waals surface area (Å²) in [5.41, 5.74) is 1.63. The first-order chi connectivity index (χ1) is 9.72. The molecule has 3 aromatic carbocycles. The van der Waals surface area contributed by atoms with Crippen LogP contribution in [0.2, 0.25) is 0 Å². The molecule has 100 valence electrons. The van der Waals surface area contributed by atoms with Crippen molar-refractivity contribution in [2.24, 2.45) is 0 Å². The van der Waals surface area contributed by atoms with E-state index in [4.69, 9.17) is 0 Å². The molecule has 0 amide bonds. The molecular formula is C17H13BrFN. The maximum Gasteiger partial charge on any atom is 0.128 e. The van der Waals surface area contributed by atoms with Crippen molar-refractivity contribution < 1.29 is 4.39 Å². The second-order valence-electron chi connectivity index (χ2n) is 4.65. The third kappa shape index (κ3) is 2.83. The number of anilines is 1. The highest BCUT2D eigenvalue weighted by atomic mass is 79.9. The SMILES string of the molecule is Fc1ccc(Br)cc1CNc1ccc2ccccc2c1. The van der Waals surface area contributed by atoms with Crippen LogP contribution in [0.1, 0.15) is 5.56 Å². The lowest BCUT2D eigenvalue weighted by atomic mass is 10.1. The van der Waals surface area contributed by atoms with Crippen molar-refractivity contribution in [3.63, 3.8) is 0 Å². The van der Waals surface area contributed by atoms with Crippen molar-refractivity contribution in [1.82, 2.24) is 0 Å². The van der Waals surface area contributed by atoms with Gasteiger partial charge in [-0.1, -0.05) is 46.3 Å². The van der Waals surface area contributed by atoms with Crippen molar-refractivity contribution in [3.8, 4) is 0 Å². The average molecular weight is 330 g/mol. The van der Waals surface area contributed by atoms with E-state index in [0.29, 0.717) is 12.1 Å². The van der Waals surface area contributed by atoms with Gasteiger partial charge in [0.15, 0.2) is 0 Å². The number of halogens is 2. The number of rotatable bonds is 3. The lowest BCUT2D eigenvalue weighted by Gasteiger charge is -2.09. The van der Waals surface area contributed by atoms with Gasteiger partial charge in [-0.25, -0.2) is 4.39 Å². The summed E-state index contributed by atoms with van der Waals surface area (Å²) in [6.07, 6.45) is 0. The Morgan fingerprint density at radius 1 is 0.900 bits per heavy atom. The van der Waals surface area contributed by atoms with Crippen molar-refractivity contribution in [3.05, 3.63) is 76.5 Å². The summed E-state index contributed by atoms with van der Waals surface area (Å²) in [5, 5.41) is 5.63. The van der Waals surface area contributed by atoms with Crippen LogP contribution in [0.3, 0.4) is 0 Å². The molecule has 0 aliphatic rings. The van der Waals surface area contributed by atoms with Crippen LogP contribution in [-0.4, -0.2) is 0 Å². The van der Waals surface area contributed by atoms with E-state index in [1.165, 1.54) is 16.8 Å². The molecule has 0 unspecified atom stereocenters. The van der Waals surface area contributed by atoms with Gasteiger partial charge in [0.2, 0.25) is 0 Å². The predicted molar refractivity (Wildman–Crippen MR) is 85.4 cm³/mol. The molecule has 3 rings (SSSR count). The number of hydrogen-bond donors (Lipinski definition) is 1. The molecule has 0 aliphatic carbocycles. The van der Waals surface area contributed by atoms with E-state index in [1.807, 2.05) is 18.2 Å². The molecule has 3 aromatic rings. The summed E-state index contributed by atoms with van der Waals surface area (Å²) in [6, 6.07) is 19.3. The Hall–Kier alpha value is -1.87. The summed E-state index contributed by atoms with van der Waals surface area (Å²) in [4.78, 5) is 0. The van der Waals surface area contributed by atoms with Crippen molar-refractivity contribution >= 4 is 32.4 Å². The van der Waals surface area contributed by atoms with Crippen LogP contribution in [-0.2, 0) is 6.54 Å². The molecule has 0 saturated heterocycles. The van der Waals surface area contributed by atoms with Crippen LogP contribution in [0.4, 0.5) is 10.1 Å². The maximum atomic E-state index is 13.7. The van der Waals surface area contributed by atoms with Crippen LogP contribution in [0.5, 0.6) is 0 Å². The fourth-order valence-electron chi connectivity index (χ4n) is 2.18. The Morgan fingerprint density at radius 2 is 1.70 bits per heavy atom. The van der Waals surface area contributed by atoms with Crippen LogP contribution < -0.4 is 5.32 Å². The molecule has 0 heterocycles. The number of fused-ring (bicyclic) bond motifs is 1. The van der Waals surface area contributed by atoms with E-state index in [1.54, 1.807) is 12.1 Å². The summed E-state index contributed by atoms with van der Waals surface area (Å²) in [7, 11) is 0. The fraction of sp³-hybridized carbons (Fsp3) is 0.0588. The first kappa shape index (κ1) is 13.1. The van der Waals surface area contributed by atoms with Crippen LogP contribution in [0.25, 0.3) is 10.8 Å². The van der Waals surface area contributed by atoms with Gasteiger partial charge in [-0.15, -0.1) is 0 Å². The van der Waals surface area contributed by atoms with Crippen molar-refractivity contribution in [2.45, 2.75) is 6.54 Å². The highest BCUT2D eigenvalue weighted by Crippen LogP contribution is 2.21. The van der Waals surface area contributed by atoms with Crippen molar-refractivity contribution in [2.75, 3.05) is 5.32 Å². The maximum absolute atomic E-state index is 13.7. The largest absolute Gasteiger partial charge is 0.381 e. The second-order valence-corrected chi connectivity index (χ2v) is 5.57. The third-order valence-electron chi connectivity index (χ3n) is 3.24. The van der Waals surface area contributed by atoms with Gasteiger partial charge in [0.25, 0.3) is 0 Å². The normalized spacial score (nSPS) is 10.7. The average Bonchev–Trinajstić information content (AvgIpc) is 2.48. The zero-order valence-corrected chi connectivity index (χ0v) is 12.3. The summed E-state index contributed by atoms with van der Waals surface area (Å²) >= 11 is 3.36. The minimum atomic E-state index is -0.193. The first-order valence-corrected chi connectivity index (χ1v) is 7.18. The number of benzene rings is 3. The van der Waals surface area contributed by atoms with E-state index >= 15 is 0 Å². The molecule has 0 atom stereocenters. The first-order valence-electron chi connectivity index (χ1n) is 6.39. The Kier molecular flexibility index (Phi) is 3.70. The van der Waals surface area contributed by atoms with Crippen molar-refractivity contribution in [1.29, 1.82) is 0 Å². The van der Waals surface area contributed by atoms with Gasteiger partial charge in [-0.2, -0.15) is 0 Å². The zero-order valence-electron chi connectivity index (χ0n) is 10.7. The van der Waals surface area contributed by atoms with Gasteiger partial charge in [0.1, 0.15) is 5.82 Å². The van der Waals surface area contributed by atoms with Gasteiger partial charge >= 0.3 is 0 Å². The molecule has 3 heteroatoms. The number of hydrogen-bond acceptors (Lipinski definition) is 1. The molecule has 0 bridgehead atoms. The summed E-state index contributed by atoms with van der Waals surface area (Å²) in [6.45, 7) is 0.462. The molecule has 0 spiro atoms. The van der Waals surface area contributed by atoms with Gasteiger partial charge in [0, 0.05) is 22.3 Å². The van der Waals surface area contributed by atoms with Gasteiger partial charge in [-0.3, -0.25) is 0 Å². The van der Waals surface area contributed by atoms with E-state index in [9.17, 15) is 4.39 Å². The minimum absolute atomic E-state index is 0.193. The predicted octanol–water partition coefficient (Wildman–Crippen LogP) is 5.35. The lowest BCUT2D eigenvalue weighted by molar-refractivity contribution is 0.612. The Labute approximate surface area is 125 Å². The molecular weight excluding hydrogens is 317 g/mol. The molecule has 20 heavy (non-hydrogen) atoms. The minimum Gasteiger partial charge on any atom is -0.381 e. The van der Waals surface area contributed by atoms with Gasteiger partial charge in [0.05, 0.1) is 0 Å². The second kappa shape index (κ2) is 5.63. The molecule has 0 aromatic heterocycles. The highest BCUT2D eigenvalue weighted by Gasteiger charge is 2.03. The van der Waals surface area contributed by atoms with E-state index in [0.717, 1.165) is 10.2 Å². The van der Waals surface area contributed by atoms with E-state index in [-0.39, 0.29) is 5.82 Å². The summed E-state index contributed by atoms with van der Waals surface area (Å²) in [5.74, 6) is -0.193. The van der Waals surface area contributed by atoms with Gasteiger partial charge < -0.3 is 5.32 Å². The van der Waals surface area contributed by atoms with Gasteiger partial charge in [-0.05, 0) is 41.1 Å². The fourth-order valence-corrected chi connectivity index (χ4v) is 2.58. The highest BCUT2D eigenvalue weighted by molar-refractivity contribution is 9.10. The molecule has 0 aliphatic heterocycles. The molecule has 0 fully saturated rings. The zero-order chi connectivity index (χ0) is 13.9. The number of nitrogens with one attached hydrogen (secondary N) is 1. The Morgan fingerprint density at radius 3 is 2.55 bits per heavy atom. The monoisotopic (exact) mass is 329 g/mol. The molecule has 1 nitrogen and oxygen atoms in total. The molecule has 0 radical (unpaired) electrons. The van der Waals surface area contributed by atoms with Crippen LogP contribution >= 0.6 is 15.9 Å². The van der Waals surface area contributed by atoms with Crippen LogP contribution in [0, 0.1) is 5.82 Å². The Bertz CT molecular complexity index is 755. The van der Waals surface area contributed by atoms with E-state index in [2.05, 4.69) is 45.5 Å². The standard InChI is InChI=1S/C17H13BrFN/c18-15-6-8-17(19)14(9-15)11-20-16-7-5-12-3-1-2-4-13(12)10-16/h1-10,20H,11H2. The quantitative estimate of drug-likeness (QED) is 0.682. The van der Waals surface area contributed by atoms with E-state index < -0.39 is 0 Å². The van der Waals surface area contributed by atoms with Crippen LogP contribution in [0.15, 0.2) is 65.1 Å². The topological polar surface area (TPSA) is 12.0 Å². The molecule has 1 N–H and O–H groups in total. The summed E-state index contributed by atoms with van der Waals surface area (Å²) < 4.78 is 14.5. The Balaban J connectivity index is 1.81.